The van der Waals surface area contributed by atoms with Crippen molar-refractivity contribution in [1.82, 2.24) is 10.6 Å². The number of methoxy groups -OCH3 is 1. The average molecular weight is 304 g/mol. The Morgan fingerprint density at radius 1 is 1.23 bits per heavy atom. The van der Waals surface area contributed by atoms with Crippen molar-refractivity contribution in [3.8, 4) is 0 Å². The van der Waals surface area contributed by atoms with E-state index in [0.717, 1.165) is 6.42 Å². The predicted molar refractivity (Wildman–Crippen MR) is 84.5 cm³/mol. The van der Waals surface area contributed by atoms with Gasteiger partial charge in [-0.15, -0.1) is 0 Å². The Hall–Kier alpha value is -1.88. The maximum atomic E-state index is 12.0. The first-order valence-corrected chi connectivity index (χ1v) is 7.48. The highest BCUT2D eigenvalue weighted by Crippen LogP contribution is 2.51. The molecule has 2 amide bonds. The van der Waals surface area contributed by atoms with Crippen molar-refractivity contribution >= 4 is 11.8 Å². The number of carbonyl (C=O) groups is 2. The fourth-order valence-electron chi connectivity index (χ4n) is 2.82. The normalized spacial score (nSPS) is 25.9. The van der Waals surface area contributed by atoms with Crippen LogP contribution in [0, 0.1) is 5.41 Å². The van der Waals surface area contributed by atoms with Crippen LogP contribution in [0.3, 0.4) is 0 Å². The van der Waals surface area contributed by atoms with E-state index in [9.17, 15) is 9.59 Å². The van der Waals surface area contributed by atoms with E-state index in [1.54, 1.807) is 31.4 Å². The lowest BCUT2D eigenvalue weighted by molar-refractivity contribution is -0.182. The minimum absolute atomic E-state index is 0.0238. The van der Waals surface area contributed by atoms with E-state index in [0.29, 0.717) is 5.56 Å². The second-order valence-corrected chi connectivity index (χ2v) is 6.53. The van der Waals surface area contributed by atoms with Crippen molar-refractivity contribution < 1.29 is 14.3 Å². The molecule has 1 aliphatic rings. The van der Waals surface area contributed by atoms with Gasteiger partial charge in [0.15, 0.2) is 0 Å². The Morgan fingerprint density at radius 3 is 2.41 bits per heavy atom. The molecule has 5 nitrogen and oxygen atoms in total. The highest BCUT2D eigenvalue weighted by molar-refractivity contribution is 5.96. The summed E-state index contributed by atoms with van der Waals surface area (Å²) in [5, 5.41) is 5.60. The average Bonchev–Trinajstić information content (AvgIpc) is 2.52. The molecular weight excluding hydrogens is 280 g/mol. The summed E-state index contributed by atoms with van der Waals surface area (Å²) in [5.74, 6) is -0.425. The van der Waals surface area contributed by atoms with E-state index in [1.807, 2.05) is 13.0 Å². The molecule has 1 fully saturated rings. The Bertz CT molecular complexity index is 556. The van der Waals surface area contributed by atoms with E-state index in [1.165, 1.54) is 0 Å². The molecule has 0 spiro atoms. The van der Waals surface area contributed by atoms with Crippen LogP contribution >= 0.6 is 0 Å². The lowest BCUT2D eigenvalue weighted by atomic mass is 9.56. The number of nitrogens with one attached hydrogen (secondary N) is 2. The molecule has 120 valence electrons. The molecule has 1 aliphatic carbocycles. The van der Waals surface area contributed by atoms with Gasteiger partial charge in [0.1, 0.15) is 0 Å². The van der Waals surface area contributed by atoms with E-state index in [2.05, 4.69) is 24.5 Å². The van der Waals surface area contributed by atoms with Crippen LogP contribution < -0.4 is 10.6 Å². The summed E-state index contributed by atoms with van der Waals surface area (Å²) in [6, 6.07) is 8.90. The fraction of sp³-hybridized carbons (Fsp3) is 0.529. The van der Waals surface area contributed by atoms with Crippen molar-refractivity contribution in [3.63, 3.8) is 0 Å². The number of ether oxygens (including phenoxy) is 1. The SMILES string of the molecule is CO[C@]1(C)C[C@H](NC(=O)CNC(=O)c2ccccc2)C1(C)C. The Morgan fingerprint density at radius 2 is 1.86 bits per heavy atom. The van der Waals surface area contributed by atoms with Crippen LogP contribution in [0.25, 0.3) is 0 Å². The number of rotatable bonds is 5. The number of carbonyl (C=O) groups excluding carboxylic acids is 2. The second kappa shape index (κ2) is 6.08. The summed E-state index contributed by atoms with van der Waals surface area (Å²) < 4.78 is 5.54. The quantitative estimate of drug-likeness (QED) is 0.870. The third kappa shape index (κ3) is 2.99. The minimum Gasteiger partial charge on any atom is -0.378 e. The summed E-state index contributed by atoms with van der Waals surface area (Å²) in [6.45, 7) is 6.18. The van der Waals surface area contributed by atoms with Crippen molar-refractivity contribution in [2.24, 2.45) is 5.41 Å². The van der Waals surface area contributed by atoms with Gasteiger partial charge in [-0.05, 0) is 25.5 Å². The zero-order valence-corrected chi connectivity index (χ0v) is 13.6. The molecule has 0 bridgehead atoms. The Labute approximate surface area is 131 Å². The smallest absolute Gasteiger partial charge is 0.251 e. The summed E-state index contributed by atoms with van der Waals surface area (Å²) in [7, 11) is 1.69. The van der Waals surface area contributed by atoms with Crippen molar-refractivity contribution in [2.45, 2.75) is 38.8 Å². The summed E-state index contributed by atoms with van der Waals surface area (Å²) >= 11 is 0. The Balaban J connectivity index is 1.81. The molecule has 2 N–H and O–H groups in total. The number of hydrogen-bond acceptors (Lipinski definition) is 3. The molecule has 0 aromatic heterocycles. The lowest BCUT2D eigenvalue weighted by Gasteiger charge is -2.59. The van der Waals surface area contributed by atoms with Crippen LogP contribution in [0.15, 0.2) is 30.3 Å². The van der Waals surface area contributed by atoms with Crippen molar-refractivity contribution in [3.05, 3.63) is 35.9 Å². The molecule has 2 rings (SSSR count). The molecule has 1 saturated carbocycles. The van der Waals surface area contributed by atoms with E-state index in [-0.39, 0.29) is 35.4 Å². The van der Waals surface area contributed by atoms with E-state index >= 15 is 0 Å². The highest BCUT2D eigenvalue weighted by Gasteiger charge is 2.58. The first-order valence-electron chi connectivity index (χ1n) is 7.48. The van der Waals surface area contributed by atoms with Gasteiger partial charge < -0.3 is 15.4 Å². The third-order valence-corrected chi connectivity index (χ3v) is 5.06. The van der Waals surface area contributed by atoms with Gasteiger partial charge in [-0.1, -0.05) is 32.0 Å². The monoisotopic (exact) mass is 304 g/mol. The molecule has 1 aromatic rings. The topological polar surface area (TPSA) is 67.4 Å². The van der Waals surface area contributed by atoms with Crippen LogP contribution in [0.4, 0.5) is 0 Å². The molecule has 0 heterocycles. The van der Waals surface area contributed by atoms with Gasteiger partial charge in [0.25, 0.3) is 5.91 Å². The summed E-state index contributed by atoms with van der Waals surface area (Å²) in [6.07, 6.45) is 0.773. The number of benzene rings is 1. The minimum atomic E-state index is -0.245. The van der Waals surface area contributed by atoms with Gasteiger partial charge in [0.05, 0.1) is 12.1 Å². The molecule has 0 aliphatic heterocycles. The molecule has 0 saturated heterocycles. The first-order chi connectivity index (χ1) is 10.3. The fourth-order valence-corrected chi connectivity index (χ4v) is 2.82. The number of amides is 2. The van der Waals surface area contributed by atoms with Gasteiger partial charge in [0, 0.05) is 24.1 Å². The van der Waals surface area contributed by atoms with Crippen molar-refractivity contribution in [1.29, 1.82) is 0 Å². The van der Waals surface area contributed by atoms with Crippen LogP contribution in [0.1, 0.15) is 37.6 Å². The zero-order chi connectivity index (χ0) is 16.4. The standard InChI is InChI=1S/C17H24N2O3/c1-16(2)13(10-17(16,3)22-4)19-14(20)11-18-15(21)12-8-6-5-7-9-12/h5-9,13H,10-11H2,1-4H3,(H,18,21)(H,19,20)/t13-,17+/m0/s1. The molecule has 1 aromatic carbocycles. The van der Waals surface area contributed by atoms with E-state index in [4.69, 9.17) is 4.74 Å². The van der Waals surface area contributed by atoms with Gasteiger partial charge in [-0.2, -0.15) is 0 Å². The second-order valence-electron chi connectivity index (χ2n) is 6.53. The third-order valence-electron chi connectivity index (χ3n) is 5.06. The van der Waals surface area contributed by atoms with Crippen LogP contribution in [0.5, 0.6) is 0 Å². The highest BCUT2D eigenvalue weighted by atomic mass is 16.5. The van der Waals surface area contributed by atoms with Gasteiger partial charge in [-0.3, -0.25) is 9.59 Å². The summed E-state index contributed by atoms with van der Waals surface area (Å²) in [5.41, 5.74) is 0.185. The maximum absolute atomic E-state index is 12.0. The molecule has 5 heteroatoms. The molecular formula is C17H24N2O3. The lowest BCUT2D eigenvalue weighted by Crippen LogP contribution is -2.69. The predicted octanol–water partition coefficient (Wildman–Crippen LogP) is 1.74. The number of hydrogen-bond donors (Lipinski definition) is 2. The van der Waals surface area contributed by atoms with Crippen LogP contribution in [-0.4, -0.2) is 37.1 Å². The van der Waals surface area contributed by atoms with Crippen LogP contribution in [-0.2, 0) is 9.53 Å². The molecule has 0 radical (unpaired) electrons. The zero-order valence-electron chi connectivity index (χ0n) is 13.6. The molecule has 0 unspecified atom stereocenters. The largest absolute Gasteiger partial charge is 0.378 e. The van der Waals surface area contributed by atoms with Crippen LogP contribution in [0.2, 0.25) is 0 Å². The summed E-state index contributed by atoms with van der Waals surface area (Å²) in [4.78, 5) is 23.9. The van der Waals surface area contributed by atoms with Gasteiger partial charge >= 0.3 is 0 Å². The first kappa shape index (κ1) is 16.5. The molecule has 22 heavy (non-hydrogen) atoms. The van der Waals surface area contributed by atoms with E-state index < -0.39 is 0 Å². The van der Waals surface area contributed by atoms with Gasteiger partial charge in [0.2, 0.25) is 5.91 Å². The van der Waals surface area contributed by atoms with Gasteiger partial charge in [-0.25, -0.2) is 0 Å². The maximum Gasteiger partial charge on any atom is 0.251 e. The molecule has 2 atom stereocenters. The van der Waals surface area contributed by atoms with Crippen molar-refractivity contribution in [2.75, 3.05) is 13.7 Å². The Kier molecular flexibility index (Phi) is 4.56.